The van der Waals surface area contributed by atoms with Crippen molar-refractivity contribution in [3.63, 3.8) is 0 Å². The first-order valence-corrected chi connectivity index (χ1v) is 6.35. The van der Waals surface area contributed by atoms with Crippen LogP contribution in [0.4, 0.5) is 10.1 Å². The molecule has 1 aromatic rings. The lowest BCUT2D eigenvalue weighted by Gasteiger charge is -2.26. The van der Waals surface area contributed by atoms with Crippen LogP contribution in [0, 0.1) is 15.9 Å². The third-order valence-electron chi connectivity index (χ3n) is 3.31. The van der Waals surface area contributed by atoms with Crippen molar-refractivity contribution >= 4 is 5.69 Å². The molecule has 1 saturated carbocycles. The molecule has 0 aromatic heterocycles. The van der Waals surface area contributed by atoms with Crippen molar-refractivity contribution < 1.29 is 14.1 Å². The highest BCUT2D eigenvalue weighted by Crippen LogP contribution is 2.22. The molecule has 1 aliphatic rings. The maximum Gasteiger partial charge on any atom is 0.272 e. The summed E-state index contributed by atoms with van der Waals surface area (Å²) in [7, 11) is 0. The van der Waals surface area contributed by atoms with E-state index in [0.29, 0.717) is 5.56 Å². The Kier molecular flexibility index (Phi) is 4.44. The molecule has 0 aliphatic heterocycles. The molecular formula is C13H17FN2O3. The number of nitro benzene ring substituents is 1. The van der Waals surface area contributed by atoms with Gasteiger partial charge in [-0.25, -0.2) is 4.39 Å². The van der Waals surface area contributed by atoms with Gasteiger partial charge in [0.15, 0.2) is 0 Å². The standard InChI is InChI=1S/C13H17FN2O3/c14-10-4-9(5-12(6-10)16(17)18)8-19-13-3-1-2-11(15)7-13/h4-6,11,13H,1-3,7-8,15H2. The van der Waals surface area contributed by atoms with Crippen molar-refractivity contribution in [1.82, 2.24) is 0 Å². The van der Waals surface area contributed by atoms with Crippen LogP contribution in [0.25, 0.3) is 0 Å². The zero-order valence-corrected chi connectivity index (χ0v) is 10.5. The van der Waals surface area contributed by atoms with Crippen LogP contribution in [-0.2, 0) is 11.3 Å². The van der Waals surface area contributed by atoms with Gasteiger partial charge in [0, 0.05) is 12.1 Å². The molecule has 19 heavy (non-hydrogen) atoms. The first-order valence-electron chi connectivity index (χ1n) is 6.35. The highest BCUT2D eigenvalue weighted by Gasteiger charge is 2.20. The van der Waals surface area contributed by atoms with Crippen LogP contribution in [0.15, 0.2) is 18.2 Å². The van der Waals surface area contributed by atoms with Crippen molar-refractivity contribution in [3.05, 3.63) is 39.7 Å². The number of halogens is 1. The number of non-ortho nitro benzene ring substituents is 1. The van der Waals surface area contributed by atoms with Crippen molar-refractivity contribution in [1.29, 1.82) is 0 Å². The first kappa shape index (κ1) is 13.9. The van der Waals surface area contributed by atoms with Crippen LogP contribution in [0.1, 0.15) is 31.2 Å². The predicted octanol–water partition coefficient (Wildman–Crippen LogP) is 2.52. The second-order valence-corrected chi connectivity index (χ2v) is 4.93. The minimum atomic E-state index is -0.617. The fraction of sp³-hybridized carbons (Fsp3) is 0.538. The van der Waals surface area contributed by atoms with E-state index in [-0.39, 0.29) is 24.4 Å². The summed E-state index contributed by atoms with van der Waals surface area (Å²) in [4.78, 5) is 10.0. The fourth-order valence-electron chi connectivity index (χ4n) is 2.37. The highest BCUT2D eigenvalue weighted by molar-refractivity contribution is 5.34. The third kappa shape index (κ3) is 3.97. The topological polar surface area (TPSA) is 78.4 Å². The summed E-state index contributed by atoms with van der Waals surface area (Å²) in [5, 5.41) is 10.6. The minimum absolute atomic E-state index is 0.0612. The molecule has 0 spiro atoms. The molecular weight excluding hydrogens is 251 g/mol. The summed E-state index contributed by atoms with van der Waals surface area (Å²) in [6.07, 6.45) is 3.81. The Hall–Kier alpha value is -1.53. The quantitative estimate of drug-likeness (QED) is 0.672. The third-order valence-corrected chi connectivity index (χ3v) is 3.31. The molecule has 0 amide bonds. The van der Waals surface area contributed by atoms with E-state index < -0.39 is 10.7 Å². The average molecular weight is 268 g/mol. The van der Waals surface area contributed by atoms with Gasteiger partial charge >= 0.3 is 0 Å². The number of ether oxygens (including phenoxy) is 1. The normalized spacial score (nSPS) is 23.3. The SMILES string of the molecule is NC1CCCC(OCc2cc(F)cc([N+](=O)[O-])c2)C1. The number of benzene rings is 1. The second kappa shape index (κ2) is 6.08. The number of rotatable bonds is 4. The Balaban J connectivity index is 1.97. The number of nitrogens with two attached hydrogens (primary N) is 1. The summed E-state index contributed by atoms with van der Waals surface area (Å²) in [6.45, 7) is 0.177. The van der Waals surface area contributed by atoms with Crippen LogP contribution in [0.2, 0.25) is 0 Å². The maximum atomic E-state index is 13.2. The maximum absolute atomic E-state index is 13.2. The van der Waals surface area contributed by atoms with Crippen molar-refractivity contribution in [3.8, 4) is 0 Å². The summed E-state index contributed by atoms with van der Waals surface area (Å²) >= 11 is 0. The molecule has 5 nitrogen and oxygen atoms in total. The summed E-state index contributed by atoms with van der Waals surface area (Å²) in [5.41, 5.74) is 6.08. The average Bonchev–Trinajstić information content (AvgIpc) is 2.36. The highest BCUT2D eigenvalue weighted by atomic mass is 19.1. The Morgan fingerprint density at radius 3 is 2.89 bits per heavy atom. The van der Waals surface area contributed by atoms with Gasteiger partial charge in [-0.05, 0) is 37.3 Å². The van der Waals surface area contributed by atoms with Crippen LogP contribution < -0.4 is 5.73 Å². The molecule has 0 saturated heterocycles. The van der Waals surface area contributed by atoms with Crippen LogP contribution in [0.5, 0.6) is 0 Å². The molecule has 2 unspecified atom stereocenters. The van der Waals surface area contributed by atoms with E-state index in [2.05, 4.69) is 0 Å². The molecule has 0 heterocycles. The van der Waals surface area contributed by atoms with Gasteiger partial charge in [0.25, 0.3) is 5.69 Å². The second-order valence-electron chi connectivity index (χ2n) is 4.93. The molecule has 1 fully saturated rings. The largest absolute Gasteiger partial charge is 0.373 e. The van der Waals surface area contributed by atoms with Gasteiger partial charge in [0.1, 0.15) is 5.82 Å². The number of nitrogens with zero attached hydrogens (tertiary/aromatic N) is 1. The minimum Gasteiger partial charge on any atom is -0.373 e. The lowest BCUT2D eigenvalue weighted by molar-refractivity contribution is -0.385. The molecule has 0 bridgehead atoms. The molecule has 2 N–H and O–H groups in total. The van der Waals surface area contributed by atoms with Gasteiger partial charge in [0.2, 0.25) is 0 Å². The zero-order valence-electron chi connectivity index (χ0n) is 10.5. The monoisotopic (exact) mass is 268 g/mol. The van der Waals surface area contributed by atoms with E-state index >= 15 is 0 Å². The van der Waals surface area contributed by atoms with Gasteiger partial charge in [0.05, 0.1) is 23.7 Å². The zero-order chi connectivity index (χ0) is 13.8. The lowest BCUT2D eigenvalue weighted by atomic mass is 9.93. The van der Waals surface area contributed by atoms with Crippen molar-refractivity contribution in [2.24, 2.45) is 5.73 Å². The summed E-state index contributed by atoms with van der Waals surface area (Å²) in [6, 6.07) is 3.65. The van der Waals surface area contributed by atoms with Gasteiger partial charge in [-0.3, -0.25) is 10.1 Å². The molecule has 1 aliphatic carbocycles. The Morgan fingerprint density at radius 1 is 1.42 bits per heavy atom. The smallest absolute Gasteiger partial charge is 0.272 e. The van der Waals surface area contributed by atoms with E-state index in [4.69, 9.17) is 10.5 Å². The van der Waals surface area contributed by atoms with E-state index in [0.717, 1.165) is 31.7 Å². The Labute approximate surface area is 110 Å². The molecule has 2 atom stereocenters. The first-order chi connectivity index (χ1) is 9.04. The van der Waals surface area contributed by atoms with Gasteiger partial charge in [-0.1, -0.05) is 0 Å². The molecule has 0 radical (unpaired) electrons. The molecule has 104 valence electrons. The summed E-state index contributed by atoms with van der Waals surface area (Å²) < 4.78 is 18.9. The van der Waals surface area contributed by atoms with Gasteiger partial charge in [-0.15, -0.1) is 0 Å². The number of hydrogen-bond donors (Lipinski definition) is 1. The van der Waals surface area contributed by atoms with Crippen LogP contribution in [0.3, 0.4) is 0 Å². The predicted molar refractivity (Wildman–Crippen MR) is 68.1 cm³/mol. The van der Waals surface area contributed by atoms with Crippen LogP contribution in [-0.4, -0.2) is 17.1 Å². The van der Waals surface area contributed by atoms with Crippen molar-refractivity contribution in [2.45, 2.75) is 44.4 Å². The van der Waals surface area contributed by atoms with Crippen molar-refractivity contribution in [2.75, 3.05) is 0 Å². The van der Waals surface area contributed by atoms with E-state index in [9.17, 15) is 14.5 Å². The molecule has 1 aromatic carbocycles. The summed E-state index contributed by atoms with van der Waals surface area (Å²) in [5.74, 6) is -0.617. The van der Waals surface area contributed by atoms with Crippen LogP contribution >= 0.6 is 0 Å². The van der Waals surface area contributed by atoms with E-state index in [1.165, 1.54) is 12.1 Å². The Bertz CT molecular complexity index is 467. The fourth-order valence-corrected chi connectivity index (χ4v) is 2.37. The molecule has 6 heteroatoms. The lowest BCUT2D eigenvalue weighted by Crippen LogP contribution is -2.32. The van der Waals surface area contributed by atoms with E-state index in [1.54, 1.807) is 0 Å². The number of nitro groups is 1. The Morgan fingerprint density at radius 2 is 2.21 bits per heavy atom. The molecule has 2 rings (SSSR count). The van der Waals surface area contributed by atoms with E-state index in [1.807, 2.05) is 0 Å². The van der Waals surface area contributed by atoms with Gasteiger partial charge in [-0.2, -0.15) is 0 Å². The van der Waals surface area contributed by atoms with Gasteiger partial charge < -0.3 is 10.5 Å². The number of hydrogen-bond acceptors (Lipinski definition) is 4.